The lowest BCUT2D eigenvalue weighted by Crippen LogP contribution is -2.45. The molecule has 4 nitrogen and oxygen atoms in total. The molecule has 0 radical (unpaired) electrons. The van der Waals surface area contributed by atoms with Crippen LogP contribution in [0.3, 0.4) is 0 Å². The number of nitrogens with zero attached hydrogens (tertiary/aromatic N) is 1. The van der Waals surface area contributed by atoms with Crippen molar-refractivity contribution in [3.8, 4) is 0 Å². The Balaban J connectivity index is 2.19. The number of carbonyl (C=O) groups excluding carboxylic acids is 1. The Morgan fingerprint density at radius 3 is 2.76 bits per heavy atom. The number of piperidine rings is 1. The molecule has 4 heteroatoms. The number of amides is 1. The topological polar surface area (TPSA) is 58.4 Å². The molecule has 0 aromatic carbocycles. The van der Waals surface area contributed by atoms with E-state index in [9.17, 15) is 4.79 Å². The lowest BCUT2D eigenvalue weighted by atomic mass is 9.98. The largest absolute Gasteiger partial charge is 0.354 e. The van der Waals surface area contributed by atoms with Crippen LogP contribution in [0.1, 0.15) is 46.0 Å². The normalized spacial score (nSPS) is 22.5. The Kier molecular flexibility index (Phi) is 5.40. The molecule has 0 aromatic rings. The Labute approximate surface area is 105 Å². The summed E-state index contributed by atoms with van der Waals surface area (Å²) in [5.74, 6) is 0.127. The van der Waals surface area contributed by atoms with Gasteiger partial charge in [-0.05, 0) is 46.7 Å². The predicted octanol–water partition coefficient (Wildman–Crippen LogP) is 1.10. The number of hydrogen-bond acceptors (Lipinski definition) is 3. The Morgan fingerprint density at radius 2 is 2.18 bits per heavy atom. The fraction of sp³-hybridized carbons (Fsp3) is 0.923. The van der Waals surface area contributed by atoms with Crippen LogP contribution in [-0.2, 0) is 4.79 Å². The van der Waals surface area contributed by atoms with Gasteiger partial charge in [0.15, 0.2) is 0 Å². The van der Waals surface area contributed by atoms with E-state index < -0.39 is 0 Å². The molecule has 0 saturated carbocycles. The molecule has 1 rings (SSSR count). The van der Waals surface area contributed by atoms with Gasteiger partial charge >= 0.3 is 0 Å². The molecule has 0 aromatic heterocycles. The minimum Gasteiger partial charge on any atom is -0.354 e. The molecule has 100 valence electrons. The molecule has 1 amide bonds. The molecule has 1 saturated heterocycles. The maximum absolute atomic E-state index is 11.7. The Morgan fingerprint density at radius 1 is 1.47 bits per heavy atom. The van der Waals surface area contributed by atoms with Crippen LogP contribution in [0.5, 0.6) is 0 Å². The van der Waals surface area contributed by atoms with E-state index in [2.05, 4.69) is 17.3 Å². The van der Waals surface area contributed by atoms with Crippen LogP contribution in [0.4, 0.5) is 0 Å². The Hall–Kier alpha value is -0.610. The van der Waals surface area contributed by atoms with Crippen molar-refractivity contribution in [3.63, 3.8) is 0 Å². The van der Waals surface area contributed by atoms with E-state index in [1.54, 1.807) is 0 Å². The van der Waals surface area contributed by atoms with Crippen LogP contribution < -0.4 is 11.1 Å². The molecule has 1 atom stereocenters. The maximum Gasteiger partial charge on any atom is 0.220 e. The first-order valence-corrected chi connectivity index (χ1v) is 6.64. The van der Waals surface area contributed by atoms with Crippen molar-refractivity contribution in [1.29, 1.82) is 0 Å². The number of carbonyl (C=O) groups is 1. The molecule has 1 aliphatic heterocycles. The van der Waals surface area contributed by atoms with E-state index in [-0.39, 0.29) is 11.4 Å². The molecule has 0 aliphatic carbocycles. The van der Waals surface area contributed by atoms with Gasteiger partial charge in [0.25, 0.3) is 0 Å². The molecule has 0 spiro atoms. The summed E-state index contributed by atoms with van der Waals surface area (Å²) in [6, 6.07) is 0.584. The highest BCUT2D eigenvalue weighted by molar-refractivity contribution is 5.75. The second kappa shape index (κ2) is 6.36. The van der Waals surface area contributed by atoms with E-state index in [0.717, 1.165) is 6.42 Å². The Bertz CT molecular complexity index is 248. The lowest BCUT2D eigenvalue weighted by Gasteiger charge is -2.32. The van der Waals surface area contributed by atoms with E-state index in [1.807, 2.05) is 13.8 Å². The van der Waals surface area contributed by atoms with Crippen LogP contribution in [0.25, 0.3) is 0 Å². The highest BCUT2D eigenvalue weighted by atomic mass is 16.1. The van der Waals surface area contributed by atoms with Gasteiger partial charge in [0.2, 0.25) is 5.91 Å². The number of nitrogens with two attached hydrogens (primary N) is 1. The van der Waals surface area contributed by atoms with Crippen molar-refractivity contribution in [3.05, 3.63) is 0 Å². The predicted molar refractivity (Wildman–Crippen MR) is 70.8 cm³/mol. The number of nitrogens with one attached hydrogen (secondary N) is 1. The summed E-state index contributed by atoms with van der Waals surface area (Å²) < 4.78 is 0. The molecular formula is C13H27N3O. The first-order chi connectivity index (χ1) is 7.88. The molecular weight excluding hydrogens is 214 g/mol. The van der Waals surface area contributed by atoms with Gasteiger partial charge < -0.3 is 16.0 Å². The van der Waals surface area contributed by atoms with Gasteiger partial charge in [0.05, 0.1) is 0 Å². The van der Waals surface area contributed by atoms with Gasteiger partial charge in [-0.2, -0.15) is 0 Å². The molecule has 1 fully saturated rings. The smallest absolute Gasteiger partial charge is 0.220 e. The van der Waals surface area contributed by atoms with Gasteiger partial charge in [0.1, 0.15) is 0 Å². The molecule has 1 aliphatic rings. The van der Waals surface area contributed by atoms with Crippen molar-refractivity contribution in [2.24, 2.45) is 5.73 Å². The fourth-order valence-corrected chi connectivity index (χ4v) is 2.22. The molecule has 1 heterocycles. The summed E-state index contributed by atoms with van der Waals surface area (Å²) in [4.78, 5) is 14.0. The minimum absolute atomic E-state index is 0.127. The van der Waals surface area contributed by atoms with Crippen molar-refractivity contribution < 1.29 is 4.79 Å². The average Bonchev–Trinajstić information content (AvgIpc) is 2.24. The van der Waals surface area contributed by atoms with Gasteiger partial charge in [-0.25, -0.2) is 0 Å². The van der Waals surface area contributed by atoms with Crippen LogP contribution in [0.2, 0.25) is 0 Å². The molecule has 17 heavy (non-hydrogen) atoms. The van der Waals surface area contributed by atoms with Crippen molar-refractivity contribution >= 4 is 5.91 Å². The number of hydrogen-bond donors (Lipinski definition) is 2. The van der Waals surface area contributed by atoms with E-state index in [0.29, 0.717) is 19.0 Å². The third kappa shape index (κ3) is 6.03. The summed E-state index contributed by atoms with van der Waals surface area (Å²) >= 11 is 0. The van der Waals surface area contributed by atoms with Crippen LogP contribution in [-0.4, -0.2) is 42.5 Å². The molecule has 0 bridgehead atoms. The van der Waals surface area contributed by atoms with Gasteiger partial charge in [0, 0.05) is 24.5 Å². The summed E-state index contributed by atoms with van der Waals surface area (Å²) in [7, 11) is 2.16. The zero-order valence-electron chi connectivity index (χ0n) is 11.5. The fourth-order valence-electron chi connectivity index (χ4n) is 2.22. The average molecular weight is 241 g/mol. The maximum atomic E-state index is 11.7. The third-order valence-electron chi connectivity index (χ3n) is 3.37. The van der Waals surface area contributed by atoms with Crippen LogP contribution in [0.15, 0.2) is 0 Å². The second-order valence-electron chi connectivity index (χ2n) is 5.93. The lowest BCUT2D eigenvalue weighted by molar-refractivity contribution is -0.121. The van der Waals surface area contributed by atoms with Crippen molar-refractivity contribution in [1.82, 2.24) is 10.2 Å². The van der Waals surface area contributed by atoms with E-state index in [1.165, 1.54) is 25.8 Å². The van der Waals surface area contributed by atoms with Crippen molar-refractivity contribution in [2.75, 3.05) is 20.1 Å². The standard InChI is InChI=1S/C13H27N3O/c1-13(2,14)10-15-12(17)8-7-11-6-4-5-9-16(11)3/h11H,4-10,14H2,1-3H3,(H,15,17). The monoisotopic (exact) mass is 241 g/mol. The highest BCUT2D eigenvalue weighted by Gasteiger charge is 2.20. The van der Waals surface area contributed by atoms with E-state index in [4.69, 9.17) is 5.73 Å². The van der Waals surface area contributed by atoms with Gasteiger partial charge in [-0.1, -0.05) is 6.42 Å². The van der Waals surface area contributed by atoms with Gasteiger partial charge in [-0.15, -0.1) is 0 Å². The number of likely N-dealkylation sites (tertiary alicyclic amines) is 1. The van der Waals surface area contributed by atoms with E-state index >= 15 is 0 Å². The second-order valence-corrected chi connectivity index (χ2v) is 5.93. The van der Waals surface area contributed by atoms with Crippen molar-refractivity contribution in [2.45, 2.75) is 57.5 Å². The minimum atomic E-state index is -0.322. The SMILES string of the molecule is CN1CCCCC1CCC(=O)NCC(C)(C)N. The zero-order valence-corrected chi connectivity index (χ0v) is 11.5. The van der Waals surface area contributed by atoms with Gasteiger partial charge in [-0.3, -0.25) is 4.79 Å². The van der Waals surface area contributed by atoms with Crippen LogP contribution in [0, 0.1) is 0 Å². The summed E-state index contributed by atoms with van der Waals surface area (Å²) in [5, 5.41) is 2.89. The number of rotatable bonds is 5. The third-order valence-corrected chi connectivity index (χ3v) is 3.37. The highest BCUT2D eigenvalue weighted by Crippen LogP contribution is 2.18. The molecule has 1 unspecified atom stereocenters. The first kappa shape index (κ1) is 14.5. The zero-order chi connectivity index (χ0) is 12.9. The first-order valence-electron chi connectivity index (χ1n) is 6.64. The van der Waals surface area contributed by atoms with Crippen LogP contribution >= 0.6 is 0 Å². The summed E-state index contributed by atoms with van der Waals surface area (Å²) in [5.41, 5.74) is 5.50. The summed E-state index contributed by atoms with van der Waals surface area (Å²) in [6.07, 6.45) is 5.40. The quantitative estimate of drug-likeness (QED) is 0.758. The summed E-state index contributed by atoms with van der Waals surface area (Å²) in [6.45, 7) is 5.55. The molecule has 3 N–H and O–H groups in total.